The van der Waals surface area contributed by atoms with Crippen molar-refractivity contribution in [3.63, 3.8) is 0 Å². The lowest BCUT2D eigenvalue weighted by molar-refractivity contribution is -0.186. The van der Waals surface area contributed by atoms with Gasteiger partial charge in [0.05, 0.1) is 5.69 Å². The number of alkyl halides is 3. The van der Waals surface area contributed by atoms with Gasteiger partial charge in [-0.1, -0.05) is 19.1 Å². The van der Waals surface area contributed by atoms with Gasteiger partial charge in [-0.05, 0) is 43.0 Å². The second kappa shape index (κ2) is 6.90. The van der Waals surface area contributed by atoms with Gasteiger partial charge in [0.15, 0.2) is 0 Å². The molecular formula is C18H20F3N3O. The van der Waals surface area contributed by atoms with Crippen LogP contribution in [0.4, 0.5) is 13.2 Å². The summed E-state index contributed by atoms with van der Waals surface area (Å²) < 4.78 is 39.5. The molecule has 1 aliphatic heterocycles. The van der Waals surface area contributed by atoms with E-state index in [-0.39, 0.29) is 19.0 Å². The Morgan fingerprint density at radius 3 is 2.36 bits per heavy atom. The molecule has 0 bridgehead atoms. The van der Waals surface area contributed by atoms with E-state index in [9.17, 15) is 18.0 Å². The first-order valence-electron chi connectivity index (χ1n) is 8.39. The highest BCUT2D eigenvalue weighted by molar-refractivity contribution is 5.81. The van der Waals surface area contributed by atoms with Crippen molar-refractivity contribution in [1.82, 2.24) is 14.7 Å². The van der Waals surface area contributed by atoms with E-state index in [0.29, 0.717) is 12.8 Å². The van der Waals surface area contributed by atoms with Crippen LogP contribution in [0.3, 0.4) is 0 Å². The molecule has 0 saturated carbocycles. The maximum Gasteiger partial charge on any atom is 0.471 e. The fourth-order valence-electron chi connectivity index (χ4n) is 3.27. The third-order valence-electron chi connectivity index (χ3n) is 4.70. The molecule has 1 aromatic carbocycles. The summed E-state index contributed by atoms with van der Waals surface area (Å²) in [6.45, 7) is 2.32. The third-order valence-corrected chi connectivity index (χ3v) is 4.70. The van der Waals surface area contributed by atoms with Gasteiger partial charge in [0.25, 0.3) is 0 Å². The molecule has 0 aliphatic carbocycles. The topological polar surface area (TPSA) is 38.1 Å². The predicted octanol–water partition coefficient (Wildman–Crippen LogP) is 3.70. The molecule has 3 rings (SSSR count). The zero-order valence-corrected chi connectivity index (χ0v) is 14.0. The molecule has 25 heavy (non-hydrogen) atoms. The molecule has 2 heterocycles. The normalized spacial score (nSPS) is 16.2. The SMILES string of the molecule is CCc1ccc(-n2nccc2C2CCN(C(=O)C(F)(F)F)CC2)cc1. The van der Waals surface area contributed by atoms with Crippen LogP contribution in [0.1, 0.15) is 36.9 Å². The van der Waals surface area contributed by atoms with E-state index >= 15 is 0 Å². The lowest BCUT2D eigenvalue weighted by Gasteiger charge is -2.32. The molecule has 0 spiro atoms. The number of halogens is 3. The van der Waals surface area contributed by atoms with E-state index in [1.54, 1.807) is 6.20 Å². The minimum atomic E-state index is -4.80. The molecule has 1 aromatic heterocycles. The first kappa shape index (κ1) is 17.5. The molecule has 7 heteroatoms. The van der Waals surface area contributed by atoms with Crippen LogP contribution >= 0.6 is 0 Å². The Kier molecular flexibility index (Phi) is 4.83. The largest absolute Gasteiger partial charge is 0.471 e. The van der Waals surface area contributed by atoms with Crippen LogP contribution in [0.2, 0.25) is 0 Å². The summed E-state index contributed by atoms with van der Waals surface area (Å²) in [5.41, 5.74) is 3.14. The molecule has 1 aliphatic rings. The quantitative estimate of drug-likeness (QED) is 0.846. The van der Waals surface area contributed by atoms with Crippen molar-refractivity contribution in [3.05, 3.63) is 47.8 Å². The van der Waals surface area contributed by atoms with Gasteiger partial charge in [-0.2, -0.15) is 18.3 Å². The van der Waals surface area contributed by atoms with Crippen LogP contribution in [-0.4, -0.2) is 39.9 Å². The number of carbonyl (C=O) groups excluding carboxylic acids is 1. The molecule has 134 valence electrons. The lowest BCUT2D eigenvalue weighted by atomic mass is 9.93. The average Bonchev–Trinajstić information content (AvgIpc) is 3.10. The summed E-state index contributed by atoms with van der Waals surface area (Å²) in [4.78, 5) is 12.2. The average molecular weight is 351 g/mol. The van der Waals surface area contributed by atoms with E-state index in [2.05, 4.69) is 12.0 Å². The smallest absolute Gasteiger partial charge is 0.335 e. The number of carbonyl (C=O) groups is 1. The van der Waals surface area contributed by atoms with Crippen LogP contribution in [-0.2, 0) is 11.2 Å². The Morgan fingerprint density at radius 1 is 1.16 bits per heavy atom. The van der Waals surface area contributed by atoms with Crippen molar-refractivity contribution in [1.29, 1.82) is 0 Å². The summed E-state index contributed by atoms with van der Waals surface area (Å²) in [6, 6.07) is 9.99. The van der Waals surface area contributed by atoms with E-state index in [4.69, 9.17) is 0 Å². The number of hydrogen-bond donors (Lipinski definition) is 0. The van der Waals surface area contributed by atoms with Gasteiger partial charge in [-0.25, -0.2) is 4.68 Å². The monoisotopic (exact) mass is 351 g/mol. The van der Waals surface area contributed by atoms with Gasteiger partial charge < -0.3 is 4.90 Å². The summed E-state index contributed by atoms with van der Waals surface area (Å²) >= 11 is 0. The highest BCUT2D eigenvalue weighted by Gasteiger charge is 2.43. The van der Waals surface area contributed by atoms with Gasteiger partial charge in [0, 0.05) is 30.9 Å². The maximum atomic E-state index is 12.5. The highest BCUT2D eigenvalue weighted by atomic mass is 19.4. The van der Waals surface area contributed by atoms with Gasteiger partial charge >= 0.3 is 12.1 Å². The molecule has 1 fully saturated rings. The van der Waals surface area contributed by atoms with Gasteiger partial charge in [0.2, 0.25) is 0 Å². The first-order valence-corrected chi connectivity index (χ1v) is 8.39. The number of likely N-dealkylation sites (tertiary alicyclic amines) is 1. The van der Waals surface area contributed by atoms with Crippen molar-refractivity contribution < 1.29 is 18.0 Å². The Morgan fingerprint density at radius 2 is 1.80 bits per heavy atom. The summed E-state index contributed by atoms with van der Waals surface area (Å²) in [5.74, 6) is -1.65. The van der Waals surface area contributed by atoms with Crippen LogP contribution in [0.5, 0.6) is 0 Å². The second-order valence-corrected chi connectivity index (χ2v) is 6.25. The van der Waals surface area contributed by atoms with E-state index in [1.807, 2.05) is 35.0 Å². The van der Waals surface area contributed by atoms with E-state index < -0.39 is 12.1 Å². The number of piperidine rings is 1. The first-order chi connectivity index (χ1) is 11.9. The van der Waals surface area contributed by atoms with Crippen molar-refractivity contribution in [2.24, 2.45) is 0 Å². The number of benzene rings is 1. The number of amides is 1. The maximum absolute atomic E-state index is 12.5. The van der Waals surface area contributed by atoms with Crippen molar-refractivity contribution in [2.45, 2.75) is 38.3 Å². The minimum absolute atomic E-state index is 0.0886. The molecule has 1 amide bonds. The van der Waals surface area contributed by atoms with Crippen molar-refractivity contribution >= 4 is 5.91 Å². The Balaban J connectivity index is 1.72. The zero-order valence-electron chi connectivity index (χ0n) is 14.0. The fraction of sp³-hybridized carbons (Fsp3) is 0.444. The predicted molar refractivity (Wildman–Crippen MR) is 87.6 cm³/mol. The van der Waals surface area contributed by atoms with Crippen LogP contribution in [0.15, 0.2) is 36.5 Å². The van der Waals surface area contributed by atoms with E-state index in [1.165, 1.54) is 5.56 Å². The molecule has 0 radical (unpaired) electrons. The fourth-order valence-corrected chi connectivity index (χ4v) is 3.27. The number of rotatable bonds is 3. The summed E-state index contributed by atoms with van der Waals surface area (Å²) in [5, 5.41) is 4.37. The lowest BCUT2D eigenvalue weighted by Crippen LogP contribution is -2.45. The van der Waals surface area contributed by atoms with Crippen LogP contribution in [0.25, 0.3) is 5.69 Å². The zero-order chi connectivity index (χ0) is 18.0. The van der Waals surface area contributed by atoms with Crippen LogP contribution < -0.4 is 0 Å². The van der Waals surface area contributed by atoms with E-state index in [0.717, 1.165) is 22.7 Å². The summed E-state index contributed by atoms with van der Waals surface area (Å²) in [7, 11) is 0. The number of nitrogens with zero attached hydrogens (tertiary/aromatic N) is 3. The van der Waals surface area contributed by atoms with Gasteiger partial charge in [-0.15, -0.1) is 0 Å². The Labute approximate surface area is 144 Å². The van der Waals surface area contributed by atoms with Gasteiger partial charge in [-0.3, -0.25) is 4.79 Å². The van der Waals surface area contributed by atoms with Gasteiger partial charge in [0.1, 0.15) is 0 Å². The molecule has 0 atom stereocenters. The number of hydrogen-bond acceptors (Lipinski definition) is 2. The highest BCUT2D eigenvalue weighted by Crippen LogP contribution is 2.31. The standard InChI is InChI=1S/C18H20F3N3O/c1-2-13-3-5-15(6-4-13)24-16(7-10-22-24)14-8-11-23(12-9-14)17(25)18(19,20)21/h3-7,10,14H,2,8-9,11-12H2,1H3. The van der Waals surface area contributed by atoms with Crippen molar-refractivity contribution in [3.8, 4) is 5.69 Å². The Hall–Kier alpha value is -2.31. The summed E-state index contributed by atoms with van der Waals surface area (Å²) in [6.07, 6.45) is -1.13. The van der Waals surface area contributed by atoms with Crippen molar-refractivity contribution in [2.75, 3.05) is 13.1 Å². The third kappa shape index (κ3) is 3.70. The second-order valence-electron chi connectivity index (χ2n) is 6.25. The minimum Gasteiger partial charge on any atom is -0.335 e. The Bertz CT molecular complexity index is 729. The molecule has 4 nitrogen and oxygen atoms in total. The molecule has 0 N–H and O–H groups in total. The molecule has 2 aromatic rings. The molecule has 0 unspecified atom stereocenters. The molecule has 1 saturated heterocycles. The number of aromatic nitrogens is 2. The van der Waals surface area contributed by atoms with Crippen LogP contribution in [0, 0.1) is 0 Å². The number of aryl methyl sites for hydroxylation is 1. The molecular weight excluding hydrogens is 331 g/mol.